The van der Waals surface area contributed by atoms with Crippen LogP contribution in [-0.4, -0.2) is 20.2 Å². The van der Waals surface area contributed by atoms with Crippen LogP contribution >= 0.6 is 15.9 Å². The van der Waals surface area contributed by atoms with E-state index in [1.54, 1.807) is 7.11 Å². The highest BCUT2D eigenvalue weighted by Gasteiger charge is 2.39. The molecular weight excluding hydrogens is 326 g/mol. The molecule has 0 radical (unpaired) electrons. The molecule has 1 fully saturated rings. The maximum Gasteiger partial charge on any atom is 0.122 e. The molecule has 2 aromatic carbocycles. The van der Waals surface area contributed by atoms with Crippen molar-refractivity contribution in [3.8, 4) is 5.75 Å². The summed E-state index contributed by atoms with van der Waals surface area (Å²) in [6.07, 6.45) is 1.01. The van der Waals surface area contributed by atoms with Gasteiger partial charge >= 0.3 is 0 Å². The number of nitrogens with one attached hydrogen (secondary N) is 1. The summed E-state index contributed by atoms with van der Waals surface area (Å²) in [7, 11) is 1.75. The van der Waals surface area contributed by atoms with Gasteiger partial charge in [-0.1, -0.05) is 45.8 Å². The fourth-order valence-electron chi connectivity index (χ4n) is 3.07. The Morgan fingerprint density at radius 3 is 2.43 bits per heavy atom. The minimum absolute atomic E-state index is 0.182. The molecule has 1 N–H and O–H groups in total. The molecule has 1 heterocycles. The number of ether oxygens (including phenoxy) is 1. The lowest BCUT2D eigenvalue weighted by molar-refractivity contribution is 0.271. The molecule has 1 saturated heterocycles. The molecule has 0 saturated carbocycles. The van der Waals surface area contributed by atoms with Crippen LogP contribution in [0.3, 0.4) is 0 Å². The second-order valence-electron chi connectivity index (χ2n) is 5.88. The Hall–Kier alpha value is -1.32. The Balaban J connectivity index is 1.94. The second kappa shape index (κ2) is 5.82. The van der Waals surface area contributed by atoms with Crippen molar-refractivity contribution in [1.29, 1.82) is 0 Å². The van der Waals surface area contributed by atoms with Crippen molar-refractivity contribution in [2.75, 3.05) is 20.2 Å². The number of hydrogen-bond acceptors (Lipinski definition) is 2. The van der Waals surface area contributed by atoms with Crippen LogP contribution in [-0.2, 0) is 11.8 Å². The van der Waals surface area contributed by atoms with Crippen molar-refractivity contribution >= 4 is 15.9 Å². The van der Waals surface area contributed by atoms with E-state index >= 15 is 0 Å². The highest BCUT2D eigenvalue weighted by atomic mass is 79.9. The molecule has 2 aromatic rings. The van der Waals surface area contributed by atoms with Crippen molar-refractivity contribution in [3.63, 3.8) is 0 Å². The Morgan fingerprint density at radius 2 is 1.86 bits per heavy atom. The average molecular weight is 346 g/mol. The van der Waals surface area contributed by atoms with Crippen molar-refractivity contribution in [1.82, 2.24) is 5.32 Å². The third-order valence-electron chi connectivity index (χ3n) is 4.35. The molecule has 110 valence electrons. The summed E-state index contributed by atoms with van der Waals surface area (Å²) in [6, 6.07) is 15.1. The number of halogens is 1. The zero-order valence-electron chi connectivity index (χ0n) is 12.4. The minimum Gasteiger partial charge on any atom is -0.496 e. The molecule has 3 rings (SSSR count). The van der Waals surface area contributed by atoms with Crippen LogP contribution in [0.15, 0.2) is 46.9 Å². The Labute approximate surface area is 134 Å². The summed E-state index contributed by atoms with van der Waals surface area (Å²) in [5.41, 5.74) is 4.15. The molecule has 1 aliphatic rings. The van der Waals surface area contributed by atoms with Gasteiger partial charge in [0.1, 0.15) is 5.75 Å². The van der Waals surface area contributed by atoms with Gasteiger partial charge in [-0.05, 0) is 42.7 Å². The van der Waals surface area contributed by atoms with Gasteiger partial charge in [0.25, 0.3) is 0 Å². The molecule has 2 nitrogen and oxygen atoms in total. The van der Waals surface area contributed by atoms with E-state index in [2.05, 4.69) is 70.6 Å². The molecular formula is C18H20BrNO. The smallest absolute Gasteiger partial charge is 0.122 e. The van der Waals surface area contributed by atoms with Gasteiger partial charge in [0, 0.05) is 23.0 Å². The van der Waals surface area contributed by atoms with Crippen LogP contribution in [0.5, 0.6) is 5.75 Å². The number of rotatable bonds is 4. The van der Waals surface area contributed by atoms with Crippen LogP contribution in [0.1, 0.15) is 16.7 Å². The Morgan fingerprint density at radius 1 is 1.14 bits per heavy atom. The average Bonchev–Trinajstić information content (AvgIpc) is 2.44. The third kappa shape index (κ3) is 2.85. The zero-order chi connectivity index (χ0) is 14.9. The Bertz CT molecular complexity index is 632. The predicted molar refractivity (Wildman–Crippen MR) is 90.1 cm³/mol. The van der Waals surface area contributed by atoms with Gasteiger partial charge in [0.05, 0.1) is 7.11 Å². The van der Waals surface area contributed by atoms with Crippen molar-refractivity contribution in [2.45, 2.75) is 18.8 Å². The van der Waals surface area contributed by atoms with E-state index in [0.717, 1.165) is 29.7 Å². The van der Waals surface area contributed by atoms with E-state index < -0.39 is 0 Å². The lowest BCUT2D eigenvalue weighted by Crippen LogP contribution is -2.58. The van der Waals surface area contributed by atoms with Crippen molar-refractivity contribution < 1.29 is 4.74 Å². The van der Waals surface area contributed by atoms with Crippen LogP contribution in [0, 0.1) is 6.92 Å². The first-order valence-electron chi connectivity index (χ1n) is 7.23. The monoisotopic (exact) mass is 345 g/mol. The van der Waals surface area contributed by atoms with Crippen molar-refractivity contribution in [3.05, 3.63) is 63.6 Å². The number of aryl methyl sites for hydroxylation is 1. The quantitative estimate of drug-likeness (QED) is 0.908. The minimum atomic E-state index is 0.182. The first kappa shape index (κ1) is 14.6. The van der Waals surface area contributed by atoms with E-state index in [0.29, 0.717) is 0 Å². The standard InChI is InChI=1S/C18H20BrNO/c1-13-3-8-17(21-2)14(9-13)10-18(11-20-12-18)15-4-6-16(19)7-5-15/h3-9,20H,10-12H2,1-2H3. The third-order valence-corrected chi connectivity index (χ3v) is 4.88. The summed E-state index contributed by atoms with van der Waals surface area (Å²) in [6.45, 7) is 4.17. The van der Waals surface area contributed by atoms with Gasteiger partial charge in [-0.15, -0.1) is 0 Å². The topological polar surface area (TPSA) is 21.3 Å². The van der Waals surface area contributed by atoms with E-state index in [4.69, 9.17) is 4.74 Å². The lowest BCUT2D eigenvalue weighted by Gasteiger charge is -2.44. The fourth-order valence-corrected chi connectivity index (χ4v) is 3.34. The number of methoxy groups -OCH3 is 1. The van der Waals surface area contributed by atoms with Gasteiger partial charge in [-0.25, -0.2) is 0 Å². The molecule has 0 aromatic heterocycles. The molecule has 3 heteroatoms. The maximum atomic E-state index is 5.54. The van der Waals surface area contributed by atoms with E-state index in [1.807, 2.05) is 0 Å². The normalized spacial score (nSPS) is 16.3. The SMILES string of the molecule is COc1ccc(C)cc1CC1(c2ccc(Br)cc2)CNC1. The molecule has 1 aliphatic heterocycles. The maximum absolute atomic E-state index is 5.54. The van der Waals surface area contributed by atoms with E-state index in [-0.39, 0.29) is 5.41 Å². The van der Waals surface area contributed by atoms with E-state index in [1.165, 1.54) is 16.7 Å². The summed E-state index contributed by atoms with van der Waals surface area (Å²) in [5.74, 6) is 0.990. The van der Waals surface area contributed by atoms with Gasteiger partial charge in [0.2, 0.25) is 0 Å². The molecule has 21 heavy (non-hydrogen) atoms. The second-order valence-corrected chi connectivity index (χ2v) is 6.80. The molecule has 0 atom stereocenters. The van der Waals surface area contributed by atoms with Gasteiger partial charge in [-0.3, -0.25) is 0 Å². The van der Waals surface area contributed by atoms with Crippen LogP contribution < -0.4 is 10.1 Å². The summed E-state index contributed by atoms with van der Waals surface area (Å²) < 4.78 is 6.67. The van der Waals surface area contributed by atoms with Crippen LogP contribution in [0.2, 0.25) is 0 Å². The van der Waals surface area contributed by atoms with Crippen LogP contribution in [0.25, 0.3) is 0 Å². The molecule has 0 unspecified atom stereocenters. The van der Waals surface area contributed by atoms with Gasteiger partial charge < -0.3 is 10.1 Å². The van der Waals surface area contributed by atoms with E-state index in [9.17, 15) is 0 Å². The largest absolute Gasteiger partial charge is 0.496 e. The lowest BCUT2D eigenvalue weighted by atomic mass is 9.71. The molecule has 0 aliphatic carbocycles. The predicted octanol–water partition coefficient (Wildman–Crippen LogP) is 3.85. The van der Waals surface area contributed by atoms with Crippen LogP contribution in [0.4, 0.5) is 0 Å². The first-order valence-corrected chi connectivity index (χ1v) is 8.03. The highest BCUT2D eigenvalue weighted by Crippen LogP contribution is 2.36. The molecule has 0 spiro atoms. The van der Waals surface area contributed by atoms with Crippen molar-refractivity contribution in [2.24, 2.45) is 0 Å². The highest BCUT2D eigenvalue weighted by molar-refractivity contribution is 9.10. The summed E-state index contributed by atoms with van der Waals surface area (Å²) >= 11 is 3.52. The van der Waals surface area contributed by atoms with Gasteiger partial charge in [0.15, 0.2) is 0 Å². The summed E-state index contributed by atoms with van der Waals surface area (Å²) in [4.78, 5) is 0. The molecule has 0 bridgehead atoms. The number of hydrogen-bond donors (Lipinski definition) is 1. The first-order chi connectivity index (χ1) is 10.1. The zero-order valence-corrected chi connectivity index (χ0v) is 14.0. The summed E-state index contributed by atoms with van der Waals surface area (Å²) in [5, 5.41) is 3.43. The Kier molecular flexibility index (Phi) is 4.05. The molecule has 0 amide bonds. The number of benzene rings is 2. The fraction of sp³-hybridized carbons (Fsp3) is 0.333. The van der Waals surface area contributed by atoms with Gasteiger partial charge in [-0.2, -0.15) is 0 Å².